The lowest BCUT2D eigenvalue weighted by Gasteiger charge is -2.09. The van der Waals surface area contributed by atoms with E-state index in [-0.39, 0.29) is 11.5 Å². The number of fused-ring (bicyclic) bond motifs is 1. The molecule has 0 N–H and O–H groups in total. The Hall–Kier alpha value is -4.14. The number of aromatic nitrogens is 4. The molecule has 0 amide bonds. The molecule has 0 atom stereocenters. The predicted molar refractivity (Wildman–Crippen MR) is 107 cm³/mol. The van der Waals surface area contributed by atoms with Gasteiger partial charge in [-0.25, -0.2) is 9.97 Å². The van der Waals surface area contributed by atoms with Crippen molar-refractivity contribution in [3.05, 3.63) is 82.3 Å². The third-order valence-electron chi connectivity index (χ3n) is 4.38. The van der Waals surface area contributed by atoms with Crippen molar-refractivity contribution in [3.63, 3.8) is 0 Å². The molecule has 0 unspecified atom stereocenters. The monoisotopic (exact) mass is 388 g/mol. The molecule has 144 valence electrons. The quantitative estimate of drug-likeness (QED) is 0.294. The van der Waals surface area contributed by atoms with E-state index in [9.17, 15) is 14.9 Å². The second-order valence-electron chi connectivity index (χ2n) is 6.53. The SMILES string of the molecule is CN(C)c1ncn2c(C(=O)c3ccc([N+](=O)[O-])cc3)c(-c3ccccc3)nc2n1. The Morgan fingerprint density at radius 3 is 2.34 bits per heavy atom. The summed E-state index contributed by atoms with van der Waals surface area (Å²) in [4.78, 5) is 38.7. The number of hydrogen-bond acceptors (Lipinski definition) is 7. The second kappa shape index (κ2) is 7.12. The number of non-ortho nitro benzene ring substituents is 1. The number of rotatable bonds is 5. The molecule has 0 fully saturated rings. The minimum Gasteiger partial charge on any atom is -0.347 e. The minimum absolute atomic E-state index is 0.0815. The smallest absolute Gasteiger partial charge is 0.269 e. The van der Waals surface area contributed by atoms with Crippen molar-refractivity contribution in [3.8, 4) is 11.3 Å². The molecule has 0 bridgehead atoms. The first-order chi connectivity index (χ1) is 14.0. The molecule has 0 aliphatic rings. The summed E-state index contributed by atoms with van der Waals surface area (Å²) >= 11 is 0. The van der Waals surface area contributed by atoms with Crippen LogP contribution in [0.25, 0.3) is 17.0 Å². The molecule has 4 aromatic rings. The van der Waals surface area contributed by atoms with Gasteiger partial charge in [0.25, 0.3) is 5.69 Å². The van der Waals surface area contributed by atoms with Gasteiger partial charge in [-0.1, -0.05) is 30.3 Å². The van der Waals surface area contributed by atoms with Gasteiger partial charge in [0.1, 0.15) is 17.7 Å². The topological polar surface area (TPSA) is 107 Å². The molecule has 2 aromatic carbocycles. The van der Waals surface area contributed by atoms with Crippen molar-refractivity contribution < 1.29 is 9.72 Å². The van der Waals surface area contributed by atoms with Gasteiger partial charge >= 0.3 is 0 Å². The summed E-state index contributed by atoms with van der Waals surface area (Å²) < 4.78 is 1.54. The van der Waals surface area contributed by atoms with Crippen LogP contribution in [0.15, 0.2) is 60.9 Å². The van der Waals surface area contributed by atoms with E-state index in [0.717, 1.165) is 5.56 Å². The van der Waals surface area contributed by atoms with E-state index >= 15 is 0 Å². The van der Waals surface area contributed by atoms with Gasteiger partial charge in [0.15, 0.2) is 0 Å². The van der Waals surface area contributed by atoms with E-state index in [2.05, 4.69) is 15.0 Å². The Balaban J connectivity index is 1.91. The molecule has 2 aromatic heterocycles. The number of carbonyl (C=O) groups excluding carboxylic acids is 1. The lowest BCUT2D eigenvalue weighted by atomic mass is 10.0. The number of benzene rings is 2. The molecule has 0 saturated carbocycles. The Bertz CT molecular complexity index is 1220. The predicted octanol–water partition coefficient (Wildman–Crippen LogP) is 3.00. The van der Waals surface area contributed by atoms with Gasteiger partial charge in [-0.05, 0) is 12.1 Å². The minimum atomic E-state index is -0.505. The lowest BCUT2D eigenvalue weighted by molar-refractivity contribution is -0.384. The fourth-order valence-corrected chi connectivity index (χ4v) is 2.94. The van der Waals surface area contributed by atoms with Crippen LogP contribution in [0.1, 0.15) is 16.1 Å². The Morgan fingerprint density at radius 2 is 1.72 bits per heavy atom. The van der Waals surface area contributed by atoms with Crippen LogP contribution in [0, 0.1) is 10.1 Å². The van der Waals surface area contributed by atoms with Gasteiger partial charge in [-0.3, -0.25) is 19.3 Å². The number of ketones is 1. The lowest BCUT2D eigenvalue weighted by Crippen LogP contribution is -2.14. The average Bonchev–Trinajstić information content (AvgIpc) is 3.12. The number of nitro groups is 1. The first kappa shape index (κ1) is 18.2. The summed E-state index contributed by atoms with van der Waals surface area (Å²) in [7, 11) is 3.63. The summed E-state index contributed by atoms with van der Waals surface area (Å²) in [5.74, 6) is 0.483. The third kappa shape index (κ3) is 3.29. The van der Waals surface area contributed by atoms with Crippen molar-refractivity contribution in [1.29, 1.82) is 0 Å². The fourth-order valence-electron chi connectivity index (χ4n) is 2.94. The second-order valence-corrected chi connectivity index (χ2v) is 6.53. The Labute approximate surface area is 165 Å². The van der Waals surface area contributed by atoms with Gasteiger partial charge in [-0.15, -0.1) is 0 Å². The molecule has 0 aliphatic heterocycles. The molecular weight excluding hydrogens is 372 g/mol. The molecule has 0 saturated heterocycles. The molecule has 2 heterocycles. The maximum Gasteiger partial charge on any atom is 0.269 e. The molecule has 0 aliphatic carbocycles. The maximum atomic E-state index is 13.3. The van der Waals surface area contributed by atoms with E-state index in [1.807, 2.05) is 44.4 Å². The highest BCUT2D eigenvalue weighted by Gasteiger charge is 2.23. The molecule has 9 heteroatoms. The summed E-state index contributed by atoms with van der Waals surface area (Å²) in [6.07, 6.45) is 1.51. The van der Waals surface area contributed by atoms with Crippen LogP contribution in [0.5, 0.6) is 0 Å². The number of nitrogens with zero attached hydrogens (tertiary/aromatic N) is 6. The van der Waals surface area contributed by atoms with Crippen molar-refractivity contribution in [2.75, 3.05) is 19.0 Å². The van der Waals surface area contributed by atoms with Crippen molar-refractivity contribution in [1.82, 2.24) is 19.4 Å². The maximum absolute atomic E-state index is 13.3. The zero-order chi connectivity index (χ0) is 20.5. The highest BCUT2D eigenvalue weighted by Crippen LogP contribution is 2.27. The summed E-state index contributed by atoms with van der Waals surface area (Å²) in [5, 5.41) is 10.9. The van der Waals surface area contributed by atoms with Crippen LogP contribution < -0.4 is 4.90 Å². The highest BCUT2D eigenvalue weighted by molar-refractivity contribution is 6.11. The van der Waals surface area contributed by atoms with E-state index < -0.39 is 4.92 Å². The highest BCUT2D eigenvalue weighted by atomic mass is 16.6. The van der Waals surface area contributed by atoms with Crippen LogP contribution in [0.2, 0.25) is 0 Å². The van der Waals surface area contributed by atoms with Crippen LogP contribution >= 0.6 is 0 Å². The van der Waals surface area contributed by atoms with Crippen LogP contribution in [0.3, 0.4) is 0 Å². The largest absolute Gasteiger partial charge is 0.347 e. The van der Waals surface area contributed by atoms with E-state index in [0.29, 0.717) is 28.7 Å². The van der Waals surface area contributed by atoms with Crippen molar-refractivity contribution in [2.24, 2.45) is 0 Å². The number of anilines is 1. The van der Waals surface area contributed by atoms with E-state index in [1.54, 1.807) is 9.30 Å². The van der Waals surface area contributed by atoms with Crippen LogP contribution in [-0.2, 0) is 0 Å². The summed E-state index contributed by atoms with van der Waals surface area (Å²) in [5.41, 5.74) is 1.76. The van der Waals surface area contributed by atoms with E-state index in [4.69, 9.17) is 0 Å². The fraction of sp³-hybridized carbons (Fsp3) is 0.100. The zero-order valence-electron chi connectivity index (χ0n) is 15.7. The van der Waals surface area contributed by atoms with Crippen LogP contribution in [-0.4, -0.2) is 44.2 Å². The van der Waals surface area contributed by atoms with Gasteiger partial charge in [0.05, 0.1) is 4.92 Å². The number of nitro benzene ring substituents is 1. The first-order valence-corrected chi connectivity index (χ1v) is 8.72. The molecular formula is C20H16N6O3. The van der Waals surface area contributed by atoms with Crippen molar-refractivity contribution >= 4 is 23.2 Å². The molecule has 4 rings (SSSR count). The summed E-state index contributed by atoms with van der Waals surface area (Å²) in [6, 6.07) is 14.8. The average molecular weight is 388 g/mol. The third-order valence-corrected chi connectivity index (χ3v) is 4.38. The van der Waals surface area contributed by atoms with E-state index in [1.165, 1.54) is 30.6 Å². The molecule has 29 heavy (non-hydrogen) atoms. The molecule has 9 nitrogen and oxygen atoms in total. The van der Waals surface area contributed by atoms with Gasteiger partial charge in [-0.2, -0.15) is 4.98 Å². The van der Waals surface area contributed by atoms with Gasteiger partial charge in [0.2, 0.25) is 17.5 Å². The molecule has 0 spiro atoms. The van der Waals surface area contributed by atoms with Crippen molar-refractivity contribution in [2.45, 2.75) is 0 Å². The standard InChI is InChI=1S/C20H16N6O3/c1-24(2)19-21-12-25-17(18(27)14-8-10-15(11-9-14)26(28)29)16(22-20(25)23-19)13-6-4-3-5-7-13/h3-12H,1-2H3. The molecule has 0 radical (unpaired) electrons. The number of imidazole rings is 1. The first-order valence-electron chi connectivity index (χ1n) is 8.72. The number of hydrogen-bond donors (Lipinski definition) is 0. The number of carbonyl (C=O) groups is 1. The van der Waals surface area contributed by atoms with Gasteiger partial charge < -0.3 is 4.90 Å². The normalized spacial score (nSPS) is 10.8. The summed E-state index contributed by atoms with van der Waals surface area (Å²) in [6.45, 7) is 0. The Kier molecular flexibility index (Phi) is 4.47. The van der Waals surface area contributed by atoms with Crippen LogP contribution in [0.4, 0.5) is 11.6 Å². The van der Waals surface area contributed by atoms with Gasteiger partial charge in [0, 0.05) is 37.4 Å². The zero-order valence-corrected chi connectivity index (χ0v) is 15.7. The Morgan fingerprint density at radius 1 is 1.03 bits per heavy atom.